The molecule has 3 aliphatic rings. The Morgan fingerprint density at radius 1 is 0.885 bits per heavy atom. The highest BCUT2D eigenvalue weighted by molar-refractivity contribution is 6.39. The third-order valence-corrected chi connectivity index (χ3v) is 11.4. The van der Waals surface area contributed by atoms with Crippen molar-refractivity contribution in [3.8, 4) is 45.4 Å². The van der Waals surface area contributed by atoms with Gasteiger partial charge in [0.25, 0.3) is 0 Å². The molecule has 0 unspecified atom stereocenters. The van der Waals surface area contributed by atoms with Gasteiger partial charge in [0.2, 0.25) is 23.6 Å². The van der Waals surface area contributed by atoms with E-state index in [0.717, 1.165) is 77.0 Å². The van der Waals surface area contributed by atoms with Crippen LogP contribution in [0.25, 0.3) is 33.6 Å². The lowest BCUT2D eigenvalue weighted by molar-refractivity contribution is -0.130. The first-order valence-electron chi connectivity index (χ1n) is 17.9. The van der Waals surface area contributed by atoms with Crippen LogP contribution in [-0.4, -0.2) is 84.6 Å². The number of nitrogens with one attached hydrogen (secondary N) is 2. The fraction of sp³-hybridized carbons (Fsp3) is 0.400. The number of methoxy groups -OCH3 is 2. The molecule has 0 radical (unpaired) electrons. The van der Waals surface area contributed by atoms with Crippen molar-refractivity contribution in [3.63, 3.8) is 0 Å². The Labute approximate surface area is 314 Å². The van der Waals surface area contributed by atoms with Gasteiger partial charge in [-0.05, 0) is 49.4 Å². The van der Waals surface area contributed by atoms with Crippen molar-refractivity contribution in [2.24, 2.45) is 0 Å². The summed E-state index contributed by atoms with van der Waals surface area (Å²) in [5.41, 5.74) is 8.90. The molecule has 4 heterocycles. The largest absolute Gasteiger partial charge is 0.481 e. The first-order valence-corrected chi connectivity index (χ1v) is 18.6. The van der Waals surface area contributed by atoms with Crippen LogP contribution in [0, 0.1) is 6.92 Å². The summed E-state index contributed by atoms with van der Waals surface area (Å²) in [7, 11) is 3.29. The Balaban J connectivity index is 1.15. The minimum atomic E-state index is 0.0979. The Hall–Kier alpha value is -4.22. The molecule has 2 atom stereocenters. The molecule has 2 fully saturated rings. The number of hydrogen-bond acceptors (Lipinski definition) is 8. The van der Waals surface area contributed by atoms with Crippen molar-refractivity contribution in [1.82, 2.24) is 30.4 Å². The van der Waals surface area contributed by atoms with Gasteiger partial charge in [-0.3, -0.25) is 14.5 Å². The summed E-state index contributed by atoms with van der Waals surface area (Å²) in [5.74, 6) is 1.37. The number of piperazine rings is 1. The number of ether oxygens (including phenoxy) is 2. The summed E-state index contributed by atoms with van der Waals surface area (Å²) in [6.45, 7) is 8.10. The topological polar surface area (TPSA) is 109 Å². The molecule has 2 amide bonds. The smallest absolute Gasteiger partial charge is 0.220 e. The molecule has 52 heavy (non-hydrogen) atoms. The number of carbonyl (C=O) groups excluding carboxylic acids is 2. The van der Waals surface area contributed by atoms with Crippen LogP contribution in [0.5, 0.6) is 11.8 Å². The maximum atomic E-state index is 11.8. The van der Waals surface area contributed by atoms with E-state index in [2.05, 4.69) is 34.6 Å². The van der Waals surface area contributed by atoms with Crippen molar-refractivity contribution in [3.05, 3.63) is 80.8 Å². The summed E-state index contributed by atoms with van der Waals surface area (Å²) >= 11 is 14.4. The molecule has 4 aromatic rings. The number of benzene rings is 2. The van der Waals surface area contributed by atoms with Gasteiger partial charge in [0.1, 0.15) is 0 Å². The zero-order chi connectivity index (χ0) is 36.5. The minimum absolute atomic E-state index is 0.0979. The van der Waals surface area contributed by atoms with Crippen LogP contribution < -0.4 is 20.1 Å². The molecule has 12 heteroatoms. The number of rotatable bonds is 10. The van der Waals surface area contributed by atoms with Gasteiger partial charge in [-0.2, -0.15) is 0 Å². The lowest BCUT2D eigenvalue weighted by atomic mass is 9.97. The fourth-order valence-electron chi connectivity index (χ4n) is 7.71. The summed E-state index contributed by atoms with van der Waals surface area (Å²) in [5, 5.41) is 7.75. The second-order valence-electron chi connectivity index (χ2n) is 13.8. The lowest BCUT2D eigenvalue weighted by Gasteiger charge is -2.34. The molecule has 10 nitrogen and oxygen atoms in total. The molecule has 2 saturated heterocycles. The molecule has 2 N–H and O–H groups in total. The molecule has 2 aliphatic heterocycles. The SMILES string of the molecule is COc1nc(-c2cccc(-c3cccc(-c4cc5c(c(OC)n4)[C@@H](NC[C@@H]4CCC(=O)N4)CC5)c3Cl)c2Cl)cc(C)c1CN1CCN(C(C)=O)CC1. The summed E-state index contributed by atoms with van der Waals surface area (Å²) < 4.78 is 11.7. The molecule has 0 bridgehead atoms. The van der Waals surface area contributed by atoms with Crippen LogP contribution in [-0.2, 0) is 22.6 Å². The minimum Gasteiger partial charge on any atom is -0.481 e. The van der Waals surface area contributed by atoms with E-state index in [-0.39, 0.29) is 23.9 Å². The van der Waals surface area contributed by atoms with Gasteiger partial charge in [0.05, 0.1) is 35.7 Å². The summed E-state index contributed by atoms with van der Waals surface area (Å²) in [6, 6.07) is 16.2. The predicted molar refractivity (Wildman–Crippen MR) is 204 cm³/mol. The highest BCUT2D eigenvalue weighted by atomic mass is 35.5. The standard InChI is InChI=1S/C40H44Cl2N6O4/c1-23-19-33(45-39(51-3)31(23)22-47-15-17-48(18-16-47)24(2)49)29-9-5-7-27(37(29)41)28-8-6-10-30(38(28)42)34-20-25-11-13-32(36(25)40(46-34)52-4)43-21-26-12-14-35(50)44-26/h5-10,19-20,26,32,43H,11-18,21-22H2,1-4H3,(H,44,50)/t26-,32-/m0/s1. The zero-order valence-corrected chi connectivity index (χ0v) is 31.5. The lowest BCUT2D eigenvalue weighted by Crippen LogP contribution is -2.47. The molecule has 2 aromatic carbocycles. The van der Waals surface area contributed by atoms with Crippen molar-refractivity contribution in [2.45, 2.75) is 58.2 Å². The number of nitrogens with zero attached hydrogens (tertiary/aromatic N) is 4. The van der Waals surface area contributed by atoms with Crippen LogP contribution in [0.15, 0.2) is 48.5 Å². The molecule has 0 saturated carbocycles. The van der Waals surface area contributed by atoms with E-state index < -0.39 is 0 Å². The average Bonchev–Trinajstić information content (AvgIpc) is 3.77. The van der Waals surface area contributed by atoms with Crippen LogP contribution >= 0.6 is 23.2 Å². The number of aromatic nitrogens is 2. The molecule has 272 valence electrons. The fourth-order valence-corrected chi connectivity index (χ4v) is 8.36. The predicted octanol–water partition coefficient (Wildman–Crippen LogP) is 6.63. The van der Waals surface area contributed by atoms with Gasteiger partial charge in [-0.1, -0.05) is 59.6 Å². The highest BCUT2D eigenvalue weighted by Crippen LogP contribution is 2.45. The van der Waals surface area contributed by atoms with Crippen molar-refractivity contribution in [1.29, 1.82) is 0 Å². The number of pyridine rings is 2. The first kappa shape index (κ1) is 36.2. The normalized spacial score (nSPS) is 18.7. The summed E-state index contributed by atoms with van der Waals surface area (Å²) in [4.78, 5) is 37.6. The molecular weight excluding hydrogens is 699 g/mol. The monoisotopic (exact) mass is 742 g/mol. The Kier molecular flexibility index (Phi) is 10.7. The third kappa shape index (κ3) is 7.22. The van der Waals surface area contributed by atoms with E-state index in [1.54, 1.807) is 21.1 Å². The van der Waals surface area contributed by atoms with Crippen molar-refractivity contribution < 1.29 is 19.1 Å². The van der Waals surface area contributed by atoms with Crippen molar-refractivity contribution >= 4 is 35.0 Å². The molecule has 7 rings (SSSR count). The van der Waals surface area contributed by atoms with E-state index >= 15 is 0 Å². The maximum absolute atomic E-state index is 11.8. The molecule has 2 aromatic heterocycles. The van der Waals surface area contributed by atoms with Crippen molar-refractivity contribution in [2.75, 3.05) is 46.9 Å². The van der Waals surface area contributed by atoms with Crippen LogP contribution in [0.3, 0.4) is 0 Å². The van der Waals surface area contributed by atoms with Gasteiger partial charge in [0.15, 0.2) is 0 Å². The average molecular weight is 744 g/mol. The Morgan fingerprint density at radius 2 is 1.50 bits per heavy atom. The first-order chi connectivity index (χ1) is 25.1. The van der Waals surface area contributed by atoms with E-state index in [1.807, 2.05) is 41.3 Å². The van der Waals surface area contributed by atoms with Gasteiger partial charge in [-0.15, -0.1) is 0 Å². The van der Waals surface area contributed by atoms with E-state index in [4.69, 9.17) is 42.6 Å². The number of carbonyl (C=O) groups is 2. The zero-order valence-electron chi connectivity index (χ0n) is 30.0. The van der Waals surface area contributed by atoms with E-state index in [9.17, 15) is 9.59 Å². The molecule has 1 aliphatic carbocycles. The van der Waals surface area contributed by atoms with Crippen LogP contribution in [0.2, 0.25) is 10.0 Å². The third-order valence-electron chi connectivity index (χ3n) is 10.6. The number of aryl methyl sites for hydroxylation is 2. The van der Waals surface area contributed by atoms with E-state index in [1.165, 1.54) is 5.56 Å². The Morgan fingerprint density at radius 3 is 2.10 bits per heavy atom. The van der Waals surface area contributed by atoms with Gasteiger partial charge in [-0.25, -0.2) is 9.97 Å². The van der Waals surface area contributed by atoms with Gasteiger partial charge >= 0.3 is 0 Å². The number of fused-ring (bicyclic) bond motifs is 1. The quantitative estimate of drug-likeness (QED) is 0.187. The number of hydrogen-bond donors (Lipinski definition) is 2. The van der Waals surface area contributed by atoms with E-state index in [0.29, 0.717) is 60.1 Å². The molecule has 0 spiro atoms. The second-order valence-corrected chi connectivity index (χ2v) is 14.6. The number of amides is 2. The number of halogens is 2. The highest BCUT2D eigenvalue weighted by Gasteiger charge is 2.31. The van der Waals surface area contributed by atoms with Gasteiger partial charge < -0.3 is 25.0 Å². The maximum Gasteiger partial charge on any atom is 0.220 e. The molecular formula is C40H44Cl2N6O4. The van der Waals surface area contributed by atoms with Crippen LogP contribution in [0.1, 0.15) is 54.5 Å². The summed E-state index contributed by atoms with van der Waals surface area (Å²) in [6.07, 6.45) is 3.23. The Bertz CT molecular complexity index is 2010. The van der Waals surface area contributed by atoms with Crippen LogP contribution in [0.4, 0.5) is 0 Å². The van der Waals surface area contributed by atoms with Gasteiger partial charge in [0, 0.05) is 98.1 Å². The second kappa shape index (κ2) is 15.4.